The Morgan fingerprint density at radius 1 is 1.19 bits per heavy atom. The minimum absolute atomic E-state index is 0.125. The molecule has 0 radical (unpaired) electrons. The number of halogens is 1. The van der Waals surface area contributed by atoms with E-state index < -0.39 is 17.7 Å². The van der Waals surface area contributed by atoms with E-state index in [0.717, 1.165) is 44.0 Å². The van der Waals surface area contributed by atoms with E-state index >= 15 is 0 Å². The van der Waals surface area contributed by atoms with Crippen LogP contribution in [0.25, 0.3) is 16.9 Å². The first-order chi connectivity index (χ1) is 20.0. The summed E-state index contributed by atoms with van der Waals surface area (Å²) in [6.07, 6.45) is 6.54. The van der Waals surface area contributed by atoms with Crippen LogP contribution in [0.1, 0.15) is 80.1 Å². The first kappa shape index (κ1) is 27.8. The van der Waals surface area contributed by atoms with Crippen LogP contribution in [-0.4, -0.2) is 59.7 Å². The number of aryl methyl sites for hydroxylation is 1. The fourth-order valence-corrected chi connectivity index (χ4v) is 6.15. The number of fused-ring (bicyclic) bond motifs is 4. The Morgan fingerprint density at radius 2 is 1.93 bits per heavy atom. The molecule has 3 fully saturated rings. The fraction of sp³-hybridized carbons (Fsp3) is 0.467. The summed E-state index contributed by atoms with van der Waals surface area (Å²) >= 11 is 0. The summed E-state index contributed by atoms with van der Waals surface area (Å²) < 4.78 is 22.0. The lowest BCUT2D eigenvalue weighted by Crippen LogP contribution is -2.53. The Bertz CT molecular complexity index is 1670. The lowest BCUT2D eigenvalue weighted by Gasteiger charge is -2.52. The number of amides is 1. The van der Waals surface area contributed by atoms with Crippen LogP contribution in [0, 0.1) is 18.3 Å². The van der Waals surface area contributed by atoms with E-state index in [1.54, 1.807) is 17.5 Å². The van der Waals surface area contributed by atoms with Crippen LogP contribution >= 0.6 is 0 Å². The molecule has 3 N–H and O–H groups in total. The summed E-state index contributed by atoms with van der Waals surface area (Å²) in [4.78, 5) is 17.9. The average Bonchev–Trinajstić information content (AvgIpc) is 3.62. The van der Waals surface area contributed by atoms with E-state index in [2.05, 4.69) is 37.0 Å². The lowest BCUT2D eigenvalue weighted by molar-refractivity contribution is -0.00177. The summed E-state index contributed by atoms with van der Waals surface area (Å²) in [7, 11) is 0. The zero-order chi connectivity index (χ0) is 29.7. The number of aliphatic hydroxyl groups is 1. The number of aromatic nitrogens is 5. The number of nitriles is 1. The predicted octanol–water partition coefficient (Wildman–Crippen LogP) is 4.25. The maximum atomic E-state index is 14.5. The van der Waals surface area contributed by atoms with Crippen LogP contribution in [0.3, 0.4) is 0 Å². The van der Waals surface area contributed by atoms with E-state index in [-0.39, 0.29) is 23.1 Å². The standard InChI is InChI=1S/C30H33FN8O3/c1-18-37-38-27(42-18)29-6-9-30(10-7-29,11-8-29)36-22-13-23(24-5-4-20-12-19(14-32)15-35-39(20)24)33-16-21(22)26(40)34-17-25(31)28(2,3)41/h4-5,12-13,15-16,25,41H,6-11,17H2,1-3H3,(H,33,36)(H,34,40)/t25-,29?,30?/m1/s1. The second-order valence-corrected chi connectivity index (χ2v) is 12.2. The number of anilines is 1. The molecule has 11 nitrogen and oxygen atoms in total. The van der Waals surface area contributed by atoms with Gasteiger partial charge in [0.05, 0.1) is 52.1 Å². The highest BCUT2D eigenvalue weighted by molar-refractivity contribution is 6.00. The van der Waals surface area contributed by atoms with Gasteiger partial charge in [0.15, 0.2) is 0 Å². The number of nitrogens with one attached hydrogen (secondary N) is 2. The third-order valence-corrected chi connectivity index (χ3v) is 8.87. The van der Waals surface area contributed by atoms with Crippen molar-refractivity contribution < 1.29 is 18.7 Å². The summed E-state index contributed by atoms with van der Waals surface area (Å²) in [5, 5.41) is 38.3. The normalized spacial score (nSPS) is 22.6. The van der Waals surface area contributed by atoms with Crippen molar-refractivity contribution in [3.8, 4) is 17.5 Å². The van der Waals surface area contributed by atoms with Gasteiger partial charge in [0.25, 0.3) is 5.91 Å². The predicted molar refractivity (Wildman–Crippen MR) is 151 cm³/mol. The minimum Gasteiger partial charge on any atom is -0.425 e. The van der Waals surface area contributed by atoms with Crippen molar-refractivity contribution in [2.45, 2.75) is 82.0 Å². The van der Waals surface area contributed by atoms with Gasteiger partial charge in [-0.05, 0) is 76.6 Å². The van der Waals surface area contributed by atoms with Gasteiger partial charge < -0.3 is 20.2 Å². The Hall–Kier alpha value is -4.37. The molecule has 42 heavy (non-hydrogen) atoms. The van der Waals surface area contributed by atoms with Crippen LogP contribution in [0.4, 0.5) is 10.1 Å². The third kappa shape index (κ3) is 4.98. The van der Waals surface area contributed by atoms with E-state index in [1.165, 1.54) is 26.2 Å². The highest BCUT2D eigenvalue weighted by Crippen LogP contribution is 2.54. The summed E-state index contributed by atoms with van der Waals surface area (Å²) in [6.45, 7) is 4.19. The van der Waals surface area contributed by atoms with Gasteiger partial charge in [-0.3, -0.25) is 9.78 Å². The lowest BCUT2D eigenvalue weighted by atomic mass is 9.57. The number of rotatable bonds is 8. The van der Waals surface area contributed by atoms with Gasteiger partial charge in [0.2, 0.25) is 11.8 Å². The van der Waals surface area contributed by atoms with Crippen molar-refractivity contribution >= 4 is 17.1 Å². The van der Waals surface area contributed by atoms with E-state index in [9.17, 15) is 19.6 Å². The third-order valence-electron chi connectivity index (χ3n) is 8.87. The molecule has 4 aromatic rings. The van der Waals surface area contributed by atoms with Gasteiger partial charge in [-0.25, -0.2) is 8.91 Å². The number of nitrogens with zero attached hydrogens (tertiary/aromatic N) is 6. The molecule has 1 amide bonds. The molecule has 3 aliphatic carbocycles. The molecule has 0 unspecified atom stereocenters. The molecule has 0 spiro atoms. The maximum absolute atomic E-state index is 14.5. The van der Waals surface area contributed by atoms with Crippen molar-refractivity contribution in [2.75, 3.05) is 11.9 Å². The first-order valence-corrected chi connectivity index (χ1v) is 14.1. The molecule has 3 saturated carbocycles. The second kappa shape index (κ2) is 10.2. The number of carbonyl (C=O) groups is 1. The molecule has 4 aromatic heterocycles. The number of pyridine rings is 1. The van der Waals surface area contributed by atoms with Crippen molar-refractivity contribution in [1.82, 2.24) is 30.1 Å². The molecule has 3 aliphatic rings. The van der Waals surface area contributed by atoms with Gasteiger partial charge >= 0.3 is 0 Å². The molecule has 2 bridgehead atoms. The van der Waals surface area contributed by atoms with Crippen LogP contribution in [0.5, 0.6) is 0 Å². The monoisotopic (exact) mass is 572 g/mol. The Balaban J connectivity index is 1.32. The number of hydrogen-bond acceptors (Lipinski definition) is 9. The molecule has 0 aliphatic heterocycles. The smallest absolute Gasteiger partial charge is 0.255 e. The van der Waals surface area contributed by atoms with E-state index in [0.29, 0.717) is 34.4 Å². The van der Waals surface area contributed by atoms with Crippen LogP contribution in [0.2, 0.25) is 0 Å². The molecule has 1 atom stereocenters. The highest BCUT2D eigenvalue weighted by Gasteiger charge is 2.52. The van der Waals surface area contributed by atoms with Gasteiger partial charge in [-0.15, -0.1) is 10.2 Å². The topological polar surface area (TPSA) is 154 Å². The zero-order valence-electron chi connectivity index (χ0n) is 23.8. The SMILES string of the molecule is Cc1nnc(C23CCC(Nc4cc(-c5ccc6cc(C#N)cnn56)ncc4C(=O)NC[C@@H](F)C(C)(C)O)(CC2)CC3)o1. The molecular formula is C30H33FN8O3. The van der Waals surface area contributed by atoms with E-state index in [4.69, 9.17) is 4.42 Å². The van der Waals surface area contributed by atoms with Gasteiger partial charge in [0.1, 0.15) is 12.2 Å². The Kier molecular flexibility index (Phi) is 6.73. The largest absolute Gasteiger partial charge is 0.425 e. The number of hydrogen-bond donors (Lipinski definition) is 3. The van der Waals surface area contributed by atoms with Crippen LogP contribution < -0.4 is 10.6 Å². The second-order valence-electron chi connectivity index (χ2n) is 12.2. The van der Waals surface area contributed by atoms with E-state index in [1.807, 2.05) is 18.2 Å². The molecular weight excluding hydrogens is 539 g/mol. The van der Waals surface area contributed by atoms with Crippen LogP contribution in [0.15, 0.2) is 41.1 Å². The van der Waals surface area contributed by atoms with Crippen molar-refractivity contribution in [2.24, 2.45) is 0 Å². The first-order valence-electron chi connectivity index (χ1n) is 14.1. The van der Waals surface area contributed by atoms with Gasteiger partial charge in [-0.2, -0.15) is 10.4 Å². The highest BCUT2D eigenvalue weighted by atomic mass is 19.1. The minimum atomic E-state index is -1.64. The quantitative estimate of drug-likeness (QED) is 0.281. The van der Waals surface area contributed by atoms with Crippen molar-refractivity contribution in [1.29, 1.82) is 5.26 Å². The fourth-order valence-electron chi connectivity index (χ4n) is 6.15. The zero-order valence-corrected chi connectivity index (χ0v) is 23.8. The van der Waals surface area contributed by atoms with Gasteiger partial charge in [0, 0.05) is 24.1 Å². The molecule has 218 valence electrons. The number of carbonyl (C=O) groups excluding carboxylic acids is 1. The Morgan fingerprint density at radius 3 is 2.57 bits per heavy atom. The molecule has 7 rings (SSSR count). The molecule has 4 heterocycles. The van der Waals surface area contributed by atoms with Crippen LogP contribution in [-0.2, 0) is 5.41 Å². The number of alkyl halides is 1. The van der Waals surface area contributed by atoms with Crippen molar-refractivity contribution in [3.05, 3.63) is 59.6 Å². The summed E-state index contributed by atoms with van der Waals surface area (Å²) in [5.41, 5.74) is 1.39. The molecule has 0 aromatic carbocycles. The Labute approximate surface area is 242 Å². The van der Waals surface area contributed by atoms with Crippen molar-refractivity contribution in [3.63, 3.8) is 0 Å². The summed E-state index contributed by atoms with van der Waals surface area (Å²) in [5.74, 6) is 0.787. The van der Waals surface area contributed by atoms with Gasteiger partial charge in [-0.1, -0.05) is 0 Å². The molecule has 0 saturated heterocycles. The maximum Gasteiger partial charge on any atom is 0.255 e. The average molecular weight is 573 g/mol. The molecule has 12 heteroatoms. The summed E-state index contributed by atoms with van der Waals surface area (Å²) in [6, 6.07) is 9.39.